The van der Waals surface area contributed by atoms with E-state index < -0.39 is 6.29 Å². The van der Waals surface area contributed by atoms with E-state index in [-0.39, 0.29) is 5.91 Å². The van der Waals surface area contributed by atoms with Crippen molar-refractivity contribution in [3.8, 4) is 0 Å². The predicted octanol–water partition coefficient (Wildman–Crippen LogP) is 0.779. The third-order valence-electron chi connectivity index (χ3n) is 2.49. The van der Waals surface area contributed by atoms with Crippen molar-refractivity contribution in [3.63, 3.8) is 0 Å². The lowest BCUT2D eigenvalue weighted by Crippen LogP contribution is -2.14. The van der Waals surface area contributed by atoms with Gasteiger partial charge in [0.2, 0.25) is 5.91 Å². The molecule has 7 heteroatoms. The zero-order valence-corrected chi connectivity index (χ0v) is 11.8. The van der Waals surface area contributed by atoms with Gasteiger partial charge in [-0.2, -0.15) is 0 Å². The van der Waals surface area contributed by atoms with E-state index in [2.05, 4.69) is 15.3 Å². The lowest BCUT2D eigenvalue weighted by atomic mass is 10.1. The van der Waals surface area contributed by atoms with Crippen molar-refractivity contribution in [3.05, 3.63) is 35.9 Å². The summed E-state index contributed by atoms with van der Waals surface area (Å²) >= 11 is 0. The number of nitrogens with one attached hydrogen (secondary N) is 2. The molecule has 1 atom stereocenters. The minimum Gasteiger partial charge on any atom is -0.422 e. The zero-order valence-electron chi connectivity index (χ0n) is 11.8. The Bertz CT molecular complexity index is 479. The molecule has 6 nitrogen and oxygen atoms in total. The summed E-state index contributed by atoms with van der Waals surface area (Å²) in [4.78, 5) is 11.7. The molecule has 0 bridgehead atoms. The highest BCUT2D eigenvalue weighted by Gasteiger charge is 2.06. The highest BCUT2D eigenvalue weighted by atomic mass is 16.6. The number of ether oxygens (including phenoxy) is 1. The zero-order chi connectivity index (χ0) is 15.0. The Morgan fingerprint density at radius 1 is 1.40 bits per heavy atom. The van der Waals surface area contributed by atoms with E-state index in [9.17, 15) is 4.79 Å². The minimum absolute atomic E-state index is 0.337. The van der Waals surface area contributed by atoms with Crippen molar-refractivity contribution < 1.29 is 19.3 Å². The molecular formula is C13H19BN2O4. The smallest absolute Gasteiger partial charge is 0.393 e. The van der Waals surface area contributed by atoms with Crippen LogP contribution in [0.3, 0.4) is 0 Å². The van der Waals surface area contributed by atoms with E-state index in [1.807, 2.05) is 25.1 Å². The van der Waals surface area contributed by atoms with Gasteiger partial charge in [0.1, 0.15) is 0 Å². The highest BCUT2D eigenvalue weighted by Crippen LogP contribution is 2.22. The maximum Gasteiger partial charge on any atom is 0.393 e. The summed E-state index contributed by atoms with van der Waals surface area (Å²) in [7, 11) is 3.26. The van der Waals surface area contributed by atoms with Crippen LogP contribution in [0.5, 0.6) is 0 Å². The van der Waals surface area contributed by atoms with Gasteiger partial charge in [-0.05, 0) is 30.7 Å². The van der Waals surface area contributed by atoms with Crippen molar-refractivity contribution in [2.24, 2.45) is 0 Å². The molecule has 0 saturated carbocycles. The summed E-state index contributed by atoms with van der Waals surface area (Å²) in [6.07, 6.45) is 1.38. The molecule has 0 aliphatic heterocycles. The molecule has 1 aromatic carbocycles. The minimum atomic E-state index is -1.09. The van der Waals surface area contributed by atoms with E-state index in [0.717, 1.165) is 11.3 Å². The van der Waals surface area contributed by atoms with Crippen LogP contribution < -0.4 is 10.5 Å². The Morgan fingerprint density at radius 2 is 2.15 bits per heavy atom. The first kappa shape index (κ1) is 16.2. The van der Waals surface area contributed by atoms with Crippen LogP contribution in [0.25, 0.3) is 0 Å². The fraction of sp³-hybridized carbons (Fsp3) is 0.308. The number of hydrogen-bond acceptors (Lipinski definition) is 5. The van der Waals surface area contributed by atoms with Gasteiger partial charge < -0.3 is 25.0 Å². The third-order valence-corrected chi connectivity index (χ3v) is 2.49. The molecular weight excluding hydrogens is 259 g/mol. The van der Waals surface area contributed by atoms with Gasteiger partial charge in [-0.25, -0.2) is 0 Å². The Hall–Kier alpha value is -1.83. The average Bonchev–Trinajstić information content (AvgIpc) is 2.44. The first-order valence-corrected chi connectivity index (χ1v) is 6.10. The number of carbonyl (C=O) groups excluding carboxylic acids is 1. The van der Waals surface area contributed by atoms with Crippen LogP contribution in [0.2, 0.25) is 0 Å². The summed E-state index contributed by atoms with van der Waals surface area (Å²) < 4.78 is 9.55. The average molecular weight is 278 g/mol. The fourth-order valence-corrected chi connectivity index (χ4v) is 1.49. The Labute approximate surface area is 119 Å². The molecule has 0 radical (unpaired) electrons. The summed E-state index contributed by atoms with van der Waals surface area (Å²) in [6.45, 7) is 1.93. The third kappa shape index (κ3) is 5.44. The molecule has 1 unspecified atom stereocenters. The number of anilines is 2. The summed E-state index contributed by atoms with van der Waals surface area (Å²) in [5.74, 6) is -0.354. The molecule has 0 heterocycles. The first-order valence-electron chi connectivity index (χ1n) is 6.10. The Morgan fingerprint density at radius 3 is 2.80 bits per heavy atom. The van der Waals surface area contributed by atoms with Gasteiger partial charge in [-0.15, -0.1) is 0 Å². The van der Waals surface area contributed by atoms with Crippen molar-refractivity contribution in [2.45, 2.75) is 13.2 Å². The second-order valence-corrected chi connectivity index (χ2v) is 4.13. The van der Waals surface area contributed by atoms with Gasteiger partial charge in [0.15, 0.2) is 6.29 Å². The van der Waals surface area contributed by atoms with Gasteiger partial charge >= 0.3 is 7.62 Å². The number of aryl methyl sites for hydroxylation is 1. The maximum absolute atomic E-state index is 11.7. The molecule has 0 aliphatic rings. The second kappa shape index (κ2) is 8.37. The number of aliphatic hydroxyl groups is 1. The van der Waals surface area contributed by atoms with E-state index in [1.54, 1.807) is 7.11 Å². The normalized spacial score (nSPS) is 12.2. The van der Waals surface area contributed by atoms with Crippen LogP contribution >= 0.6 is 0 Å². The molecule has 0 aromatic heterocycles. The molecule has 0 fully saturated rings. The van der Waals surface area contributed by atoms with Crippen LogP contribution in [-0.4, -0.2) is 39.1 Å². The van der Waals surface area contributed by atoms with Gasteiger partial charge in [-0.1, -0.05) is 6.07 Å². The highest BCUT2D eigenvalue weighted by molar-refractivity contribution is 6.33. The maximum atomic E-state index is 11.7. The molecule has 3 N–H and O–H groups in total. The topological polar surface area (TPSA) is 79.8 Å². The Kier molecular flexibility index (Phi) is 6.79. The molecule has 108 valence electrons. The van der Waals surface area contributed by atoms with E-state index >= 15 is 0 Å². The van der Waals surface area contributed by atoms with E-state index in [0.29, 0.717) is 13.3 Å². The van der Waals surface area contributed by atoms with Crippen LogP contribution in [0.4, 0.5) is 11.4 Å². The molecule has 0 aliphatic carbocycles. The molecule has 0 saturated heterocycles. The molecule has 1 amide bonds. The summed E-state index contributed by atoms with van der Waals surface area (Å²) in [5, 5.41) is 14.9. The van der Waals surface area contributed by atoms with Crippen LogP contribution in [0.1, 0.15) is 5.56 Å². The SMILES string of the molecule is COBNc1ccc(C)cc1NC(=O)/C=C/C(O)OC. The fourth-order valence-electron chi connectivity index (χ4n) is 1.49. The number of rotatable bonds is 7. The number of carbonyl (C=O) groups is 1. The lowest BCUT2D eigenvalue weighted by molar-refractivity contribution is -0.112. The quantitative estimate of drug-likeness (QED) is 0.390. The summed E-state index contributed by atoms with van der Waals surface area (Å²) in [6, 6.07) is 5.63. The lowest BCUT2D eigenvalue weighted by Gasteiger charge is -2.12. The molecule has 1 rings (SSSR count). The van der Waals surface area contributed by atoms with E-state index in [4.69, 9.17) is 9.76 Å². The number of methoxy groups -OCH3 is 1. The predicted molar refractivity (Wildman–Crippen MR) is 79.7 cm³/mol. The van der Waals surface area contributed by atoms with Crippen LogP contribution in [0.15, 0.2) is 30.4 Å². The van der Waals surface area contributed by atoms with Crippen LogP contribution in [0, 0.1) is 6.92 Å². The van der Waals surface area contributed by atoms with Gasteiger partial charge in [-0.3, -0.25) is 4.79 Å². The van der Waals surface area contributed by atoms with Crippen molar-refractivity contribution in [2.75, 3.05) is 24.8 Å². The van der Waals surface area contributed by atoms with Crippen molar-refractivity contribution >= 4 is 24.9 Å². The standard InChI is InChI=1S/C13H19BN2O4/c1-9-4-5-10(16-14-20-3)11(8-9)15-12(17)6-7-13(18)19-2/h4-8,13-14,16,18H,1-3H3,(H,15,17)/b7-6+. The van der Waals surface area contributed by atoms with Gasteiger partial charge in [0.05, 0.1) is 5.69 Å². The van der Waals surface area contributed by atoms with Gasteiger partial charge in [0.25, 0.3) is 0 Å². The Balaban J connectivity index is 2.76. The summed E-state index contributed by atoms with van der Waals surface area (Å²) in [5.41, 5.74) is 2.42. The van der Waals surface area contributed by atoms with Crippen molar-refractivity contribution in [1.82, 2.24) is 0 Å². The largest absolute Gasteiger partial charge is 0.422 e. The number of aliphatic hydroxyl groups excluding tert-OH is 1. The number of amides is 1. The van der Waals surface area contributed by atoms with Crippen molar-refractivity contribution in [1.29, 1.82) is 0 Å². The van der Waals surface area contributed by atoms with Gasteiger partial charge in [0, 0.05) is 26.0 Å². The number of hydrogen-bond donors (Lipinski definition) is 3. The second-order valence-electron chi connectivity index (χ2n) is 4.13. The molecule has 20 heavy (non-hydrogen) atoms. The monoisotopic (exact) mass is 278 g/mol. The number of benzene rings is 1. The molecule has 0 spiro atoms. The molecule has 1 aromatic rings. The first-order chi connectivity index (χ1) is 9.56. The van der Waals surface area contributed by atoms with Crippen LogP contribution in [-0.2, 0) is 14.2 Å². The van der Waals surface area contributed by atoms with E-state index in [1.165, 1.54) is 19.3 Å².